The van der Waals surface area contributed by atoms with Gasteiger partial charge in [0.15, 0.2) is 0 Å². The number of halogens is 3. The van der Waals surface area contributed by atoms with E-state index in [1.807, 2.05) is 0 Å². The van der Waals surface area contributed by atoms with Gasteiger partial charge in [-0.1, -0.05) is 12.1 Å². The molecule has 1 saturated heterocycles. The lowest BCUT2D eigenvalue weighted by Crippen LogP contribution is -2.60. The van der Waals surface area contributed by atoms with Gasteiger partial charge in [-0.2, -0.15) is 13.2 Å². The zero-order chi connectivity index (χ0) is 19.1. The maximum absolute atomic E-state index is 13.1. The maximum atomic E-state index is 13.1. The van der Waals surface area contributed by atoms with Crippen LogP contribution in [0.4, 0.5) is 13.2 Å². The minimum absolute atomic E-state index is 0.0355. The van der Waals surface area contributed by atoms with Crippen LogP contribution >= 0.6 is 0 Å². The Balaban J connectivity index is 1.67. The summed E-state index contributed by atoms with van der Waals surface area (Å²) in [6, 6.07) is 4.08. The van der Waals surface area contributed by atoms with Gasteiger partial charge in [0.25, 0.3) is 0 Å². The molecule has 0 bridgehead atoms. The van der Waals surface area contributed by atoms with Crippen LogP contribution in [0.15, 0.2) is 24.3 Å². The third-order valence-corrected chi connectivity index (χ3v) is 4.75. The molecule has 1 aliphatic heterocycles. The van der Waals surface area contributed by atoms with E-state index in [0.29, 0.717) is 0 Å². The third-order valence-electron chi connectivity index (χ3n) is 4.75. The molecule has 6 nitrogen and oxygen atoms in total. The van der Waals surface area contributed by atoms with Crippen LogP contribution in [0.1, 0.15) is 35.7 Å². The van der Waals surface area contributed by atoms with Crippen LogP contribution in [0.2, 0.25) is 0 Å². The fraction of sp³-hybridized carbons (Fsp3) is 0.471. The minimum atomic E-state index is -4.32. The Morgan fingerprint density at radius 3 is 2.38 bits per heavy atom. The van der Waals surface area contributed by atoms with E-state index < -0.39 is 41.5 Å². The number of ether oxygens (including phenoxy) is 1. The zero-order valence-electron chi connectivity index (χ0n) is 13.9. The minimum Gasteiger partial charge on any atom is -0.456 e. The molecule has 1 heterocycles. The molecule has 3 rings (SSSR count). The molecule has 2 atom stereocenters. The number of nitrogens with one attached hydrogen (secondary N) is 2. The fourth-order valence-corrected chi connectivity index (χ4v) is 2.99. The summed E-state index contributed by atoms with van der Waals surface area (Å²) >= 11 is 0. The summed E-state index contributed by atoms with van der Waals surface area (Å²) in [6.07, 6.45) is -5.19. The second kappa shape index (κ2) is 6.30. The summed E-state index contributed by atoms with van der Waals surface area (Å²) in [5.74, 6) is -1.65. The maximum Gasteiger partial charge on any atom is 0.398 e. The Labute approximate surface area is 147 Å². The molecule has 1 saturated carbocycles. The molecule has 2 unspecified atom stereocenters. The Hall–Kier alpha value is -2.58. The van der Waals surface area contributed by atoms with Crippen molar-refractivity contribution in [1.82, 2.24) is 10.6 Å². The molecular weight excluding hydrogens is 353 g/mol. The van der Waals surface area contributed by atoms with Crippen LogP contribution in [0, 0.1) is 0 Å². The molecule has 9 heteroatoms. The van der Waals surface area contributed by atoms with Crippen molar-refractivity contribution in [3.8, 4) is 0 Å². The largest absolute Gasteiger partial charge is 0.456 e. The van der Waals surface area contributed by atoms with Crippen LogP contribution in [-0.4, -0.2) is 42.7 Å². The lowest BCUT2D eigenvalue weighted by molar-refractivity contribution is -0.160. The van der Waals surface area contributed by atoms with E-state index in [9.17, 15) is 27.6 Å². The van der Waals surface area contributed by atoms with E-state index in [-0.39, 0.29) is 30.5 Å². The van der Waals surface area contributed by atoms with Crippen molar-refractivity contribution < 1.29 is 32.3 Å². The topological polar surface area (TPSA) is 84.5 Å². The average molecular weight is 370 g/mol. The predicted octanol–water partition coefficient (Wildman–Crippen LogP) is 1.44. The first-order chi connectivity index (χ1) is 12.1. The van der Waals surface area contributed by atoms with Crippen LogP contribution in [-0.2, 0) is 19.7 Å². The standard InChI is InChI=1S/C17H17F3N2O4/c1-9(13-14(24)21-8-12(23)22-13)26-15(25)10-2-4-11(5-3-10)16(6-7-16)17(18,19)20/h2-5,9,13H,6-8H2,1H3,(H,21,24)(H,22,23). The number of amides is 2. The number of hydrogen-bond acceptors (Lipinski definition) is 4. The smallest absolute Gasteiger partial charge is 0.398 e. The molecule has 0 aromatic heterocycles. The number of piperazine rings is 1. The van der Waals surface area contributed by atoms with Gasteiger partial charge in [0.05, 0.1) is 17.5 Å². The van der Waals surface area contributed by atoms with Crippen molar-refractivity contribution in [2.45, 2.75) is 43.5 Å². The van der Waals surface area contributed by atoms with E-state index >= 15 is 0 Å². The third kappa shape index (κ3) is 3.25. The number of hydrogen-bond donors (Lipinski definition) is 2. The highest BCUT2D eigenvalue weighted by Crippen LogP contribution is 2.58. The van der Waals surface area contributed by atoms with Crippen molar-refractivity contribution in [2.75, 3.05) is 6.54 Å². The second-order valence-electron chi connectivity index (χ2n) is 6.53. The highest BCUT2D eigenvalue weighted by molar-refractivity contribution is 5.95. The van der Waals surface area contributed by atoms with Crippen molar-refractivity contribution in [3.05, 3.63) is 35.4 Å². The van der Waals surface area contributed by atoms with Crippen molar-refractivity contribution >= 4 is 17.8 Å². The average Bonchev–Trinajstić information content (AvgIpc) is 3.39. The van der Waals surface area contributed by atoms with Gasteiger partial charge in [0, 0.05) is 0 Å². The molecule has 2 fully saturated rings. The summed E-state index contributed by atoms with van der Waals surface area (Å²) in [6.45, 7) is 1.31. The van der Waals surface area contributed by atoms with Gasteiger partial charge in [-0.3, -0.25) is 9.59 Å². The van der Waals surface area contributed by atoms with E-state index in [4.69, 9.17) is 4.74 Å². The van der Waals surface area contributed by atoms with Crippen LogP contribution in [0.3, 0.4) is 0 Å². The summed E-state index contributed by atoms with van der Waals surface area (Å²) in [4.78, 5) is 35.2. The van der Waals surface area contributed by atoms with Gasteiger partial charge in [0.2, 0.25) is 11.8 Å². The van der Waals surface area contributed by atoms with E-state index in [1.165, 1.54) is 31.2 Å². The van der Waals surface area contributed by atoms with Crippen molar-refractivity contribution in [2.24, 2.45) is 0 Å². The summed E-state index contributed by atoms with van der Waals surface area (Å²) in [7, 11) is 0. The molecule has 1 aromatic rings. The van der Waals surface area contributed by atoms with E-state index in [2.05, 4.69) is 10.6 Å². The molecule has 26 heavy (non-hydrogen) atoms. The molecule has 2 N–H and O–H groups in total. The Morgan fingerprint density at radius 2 is 1.85 bits per heavy atom. The predicted molar refractivity (Wildman–Crippen MR) is 83.2 cm³/mol. The van der Waals surface area contributed by atoms with E-state index in [1.54, 1.807) is 0 Å². The summed E-state index contributed by atoms with van der Waals surface area (Å²) < 4.78 is 44.5. The Bertz CT molecular complexity index is 741. The van der Waals surface area contributed by atoms with Crippen LogP contribution < -0.4 is 10.6 Å². The monoisotopic (exact) mass is 370 g/mol. The van der Waals surface area contributed by atoms with Crippen LogP contribution in [0.25, 0.3) is 0 Å². The number of alkyl halides is 3. The molecule has 0 radical (unpaired) electrons. The van der Waals surface area contributed by atoms with E-state index in [0.717, 1.165) is 0 Å². The van der Waals surface area contributed by atoms with Crippen LogP contribution in [0.5, 0.6) is 0 Å². The normalized spacial score (nSPS) is 22.8. The van der Waals surface area contributed by atoms with Gasteiger partial charge in [-0.25, -0.2) is 4.79 Å². The zero-order valence-corrected chi connectivity index (χ0v) is 13.9. The Morgan fingerprint density at radius 1 is 1.23 bits per heavy atom. The number of esters is 1. The van der Waals surface area contributed by atoms with Gasteiger partial charge in [0.1, 0.15) is 12.1 Å². The number of carbonyl (C=O) groups is 3. The molecule has 2 amide bonds. The molecule has 1 aliphatic carbocycles. The number of benzene rings is 1. The summed E-state index contributed by atoms with van der Waals surface area (Å²) in [5, 5.41) is 4.80. The molecule has 2 aliphatic rings. The number of rotatable bonds is 4. The van der Waals surface area contributed by atoms with Gasteiger partial charge < -0.3 is 15.4 Å². The highest BCUT2D eigenvalue weighted by atomic mass is 19.4. The lowest BCUT2D eigenvalue weighted by Gasteiger charge is -2.27. The molecule has 140 valence electrons. The molecule has 0 spiro atoms. The highest BCUT2D eigenvalue weighted by Gasteiger charge is 2.64. The fourth-order valence-electron chi connectivity index (χ4n) is 2.99. The molecular formula is C17H17F3N2O4. The first kappa shape index (κ1) is 18.2. The van der Waals surface area contributed by atoms with Crippen molar-refractivity contribution in [1.29, 1.82) is 0 Å². The number of carbonyl (C=O) groups excluding carboxylic acids is 3. The van der Waals surface area contributed by atoms with Crippen molar-refractivity contribution in [3.63, 3.8) is 0 Å². The summed E-state index contributed by atoms with van der Waals surface area (Å²) in [5.41, 5.74) is -1.62. The SMILES string of the molecule is CC(OC(=O)c1ccc(C2(C(F)(F)F)CC2)cc1)C1NC(=O)CNC1=O. The first-order valence-electron chi connectivity index (χ1n) is 8.09. The first-order valence-corrected chi connectivity index (χ1v) is 8.09. The molecule has 1 aromatic carbocycles. The van der Waals surface area contributed by atoms with Gasteiger partial charge in [-0.05, 0) is 37.5 Å². The van der Waals surface area contributed by atoms with Gasteiger partial charge >= 0.3 is 12.1 Å². The Kier molecular flexibility index (Phi) is 4.41. The second-order valence-corrected chi connectivity index (χ2v) is 6.53. The quantitative estimate of drug-likeness (QED) is 0.786. The lowest BCUT2D eigenvalue weighted by atomic mass is 9.94. The van der Waals surface area contributed by atoms with Gasteiger partial charge in [-0.15, -0.1) is 0 Å².